The molecule has 0 bridgehead atoms. The van der Waals surface area contributed by atoms with Crippen LogP contribution < -0.4 is 5.32 Å². The van der Waals surface area contributed by atoms with Crippen molar-refractivity contribution in [3.63, 3.8) is 0 Å². The minimum Gasteiger partial charge on any atom is -0.384 e. The van der Waals surface area contributed by atoms with Gasteiger partial charge in [-0.05, 0) is 24.6 Å². The zero-order chi connectivity index (χ0) is 11.3. The van der Waals surface area contributed by atoms with E-state index in [0.717, 1.165) is 5.56 Å². The van der Waals surface area contributed by atoms with Crippen LogP contribution in [0, 0.1) is 18.8 Å². The monoisotopic (exact) mass is 203 g/mol. The molecule has 0 spiro atoms. The summed E-state index contributed by atoms with van der Waals surface area (Å²) in [5.74, 6) is 5.20. The van der Waals surface area contributed by atoms with Gasteiger partial charge in [-0.2, -0.15) is 0 Å². The molecule has 0 aliphatic heterocycles. The third-order valence-electron chi connectivity index (χ3n) is 1.79. The van der Waals surface area contributed by atoms with Crippen LogP contribution in [-0.2, 0) is 4.79 Å². The average Bonchev–Trinajstić information content (AvgIpc) is 2.16. The Balaban J connectivity index is 3.08. The lowest BCUT2D eigenvalue weighted by molar-refractivity contribution is -0.114. The number of nitrogens with one attached hydrogen (secondary N) is 1. The van der Waals surface area contributed by atoms with Gasteiger partial charge in [0.25, 0.3) is 0 Å². The molecule has 0 radical (unpaired) electrons. The molecule has 0 aliphatic carbocycles. The van der Waals surface area contributed by atoms with E-state index in [1.54, 1.807) is 0 Å². The number of rotatable bonds is 1. The molecule has 1 rings (SSSR count). The highest BCUT2D eigenvalue weighted by atomic mass is 16.2. The van der Waals surface area contributed by atoms with Gasteiger partial charge in [0.1, 0.15) is 6.61 Å². The number of hydrogen-bond acceptors (Lipinski definition) is 2. The minimum absolute atomic E-state index is 0.132. The molecule has 0 fully saturated rings. The van der Waals surface area contributed by atoms with Gasteiger partial charge < -0.3 is 10.4 Å². The van der Waals surface area contributed by atoms with Gasteiger partial charge in [0.15, 0.2) is 0 Å². The van der Waals surface area contributed by atoms with Crippen molar-refractivity contribution >= 4 is 11.6 Å². The second-order valence-corrected chi connectivity index (χ2v) is 3.19. The third-order valence-corrected chi connectivity index (χ3v) is 1.79. The Morgan fingerprint density at radius 3 is 2.87 bits per heavy atom. The van der Waals surface area contributed by atoms with Crippen LogP contribution in [0.15, 0.2) is 18.2 Å². The van der Waals surface area contributed by atoms with Crippen molar-refractivity contribution in [1.82, 2.24) is 0 Å². The number of benzene rings is 1. The maximum Gasteiger partial charge on any atom is 0.221 e. The Labute approximate surface area is 89.1 Å². The molecule has 0 atom stereocenters. The van der Waals surface area contributed by atoms with E-state index in [0.29, 0.717) is 11.3 Å². The molecule has 0 saturated carbocycles. The standard InChI is InChI=1S/C12H13NO2/c1-9-5-6-11(4-3-7-14)12(8-9)13-10(2)15/h5-6,8,14H,7H2,1-2H3,(H,13,15). The van der Waals surface area contributed by atoms with Crippen LogP contribution in [0.5, 0.6) is 0 Å². The van der Waals surface area contributed by atoms with Gasteiger partial charge in [0, 0.05) is 12.5 Å². The quantitative estimate of drug-likeness (QED) is 0.676. The summed E-state index contributed by atoms with van der Waals surface area (Å²) in [6, 6.07) is 5.58. The molecule has 15 heavy (non-hydrogen) atoms. The number of carbonyl (C=O) groups is 1. The highest BCUT2D eigenvalue weighted by molar-refractivity contribution is 5.90. The molecule has 0 aromatic heterocycles. The first-order chi connectivity index (χ1) is 7.13. The maximum absolute atomic E-state index is 10.9. The number of carbonyl (C=O) groups excluding carboxylic acids is 1. The van der Waals surface area contributed by atoms with Crippen molar-refractivity contribution in [3.05, 3.63) is 29.3 Å². The lowest BCUT2D eigenvalue weighted by Gasteiger charge is -2.06. The Kier molecular flexibility index (Phi) is 3.90. The highest BCUT2D eigenvalue weighted by Crippen LogP contribution is 2.16. The summed E-state index contributed by atoms with van der Waals surface area (Å²) < 4.78 is 0. The minimum atomic E-state index is -0.187. The predicted octanol–water partition coefficient (Wildman–Crippen LogP) is 1.30. The van der Waals surface area contributed by atoms with Crippen molar-refractivity contribution in [2.45, 2.75) is 13.8 Å². The van der Waals surface area contributed by atoms with Crippen molar-refractivity contribution in [2.24, 2.45) is 0 Å². The molecule has 0 saturated heterocycles. The third kappa shape index (κ3) is 3.45. The van der Waals surface area contributed by atoms with Gasteiger partial charge in [0.2, 0.25) is 5.91 Å². The first-order valence-electron chi connectivity index (χ1n) is 4.61. The van der Waals surface area contributed by atoms with E-state index in [1.165, 1.54) is 6.92 Å². The first-order valence-corrected chi connectivity index (χ1v) is 4.61. The normalized spacial score (nSPS) is 9.00. The van der Waals surface area contributed by atoms with Crippen molar-refractivity contribution in [2.75, 3.05) is 11.9 Å². The Morgan fingerprint density at radius 2 is 2.27 bits per heavy atom. The summed E-state index contributed by atoms with van der Waals surface area (Å²) in [7, 11) is 0. The largest absolute Gasteiger partial charge is 0.384 e. The summed E-state index contributed by atoms with van der Waals surface area (Å²) in [4.78, 5) is 10.9. The lowest BCUT2D eigenvalue weighted by atomic mass is 10.1. The lowest BCUT2D eigenvalue weighted by Crippen LogP contribution is -2.07. The van der Waals surface area contributed by atoms with E-state index in [4.69, 9.17) is 5.11 Å². The Bertz CT molecular complexity index is 427. The fourth-order valence-electron chi connectivity index (χ4n) is 1.19. The van der Waals surface area contributed by atoms with E-state index in [9.17, 15) is 4.79 Å². The van der Waals surface area contributed by atoms with E-state index >= 15 is 0 Å². The highest BCUT2D eigenvalue weighted by Gasteiger charge is 2.01. The van der Waals surface area contributed by atoms with Crippen LogP contribution in [0.3, 0.4) is 0 Å². The van der Waals surface area contributed by atoms with Crippen LogP contribution in [0.2, 0.25) is 0 Å². The zero-order valence-corrected chi connectivity index (χ0v) is 8.79. The zero-order valence-electron chi connectivity index (χ0n) is 8.79. The van der Waals surface area contributed by atoms with Gasteiger partial charge in [0.05, 0.1) is 5.69 Å². The number of amides is 1. The molecule has 0 unspecified atom stereocenters. The predicted molar refractivity (Wildman–Crippen MR) is 59.4 cm³/mol. The van der Waals surface area contributed by atoms with Crippen molar-refractivity contribution in [3.8, 4) is 11.8 Å². The summed E-state index contributed by atoms with van der Waals surface area (Å²) in [6.45, 7) is 3.20. The van der Waals surface area contributed by atoms with Crippen molar-refractivity contribution < 1.29 is 9.90 Å². The second kappa shape index (κ2) is 5.18. The van der Waals surface area contributed by atoms with E-state index in [2.05, 4.69) is 17.2 Å². The second-order valence-electron chi connectivity index (χ2n) is 3.19. The molecule has 3 heteroatoms. The molecule has 2 N–H and O–H groups in total. The molecule has 1 aromatic rings. The molecule has 78 valence electrons. The number of aliphatic hydroxyl groups excluding tert-OH is 1. The Morgan fingerprint density at radius 1 is 1.53 bits per heavy atom. The molecular weight excluding hydrogens is 190 g/mol. The molecule has 1 amide bonds. The maximum atomic E-state index is 10.9. The van der Waals surface area contributed by atoms with Gasteiger partial charge in [-0.15, -0.1) is 0 Å². The summed E-state index contributed by atoms with van der Waals surface area (Å²) >= 11 is 0. The smallest absolute Gasteiger partial charge is 0.221 e. The molecule has 1 aromatic carbocycles. The number of aryl methyl sites for hydroxylation is 1. The SMILES string of the molecule is CC(=O)Nc1cc(C)ccc1C#CCO. The summed E-state index contributed by atoms with van der Waals surface area (Å²) in [6.07, 6.45) is 0. The number of aliphatic hydroxyl groups is 1. The van der Waals surface area contributed by atoms with Crippen molar-refractivity contribution in [1.29, 1.82) is 0 Å². The van der Waals surface area contributed by atoms with E-state index in [1.807, 2.05) is 25.1 Å². The Hall–Kier alpha value is -1.79. The van der Waals surface area contributed by atoms with Crippen LogP contribution in [0.4, 0.5) is 5.69 Å². The summed E-state index contributed by atoms with van der Waals surface area (Å²) in [5.41, 5.74) is 2.45. The fraction of sp³-hybridized carbons (Fsp3) is 0.250. The van der Waals surface area contributed by atoms with Crippen LogP contribution in [-0.4, -0.2) is 17.6 Å². The topological polar surface area (TPSA) is 49.3 Å². The van der Waals surface area contributed by atoms with Crippen LogP contribution in [0.1, 0.15) is 18.1 Å². The molecule has 0 aliphatic rings. The summed E-state index contributed by atoms with van der Waals surface area (Å²) in [5, 5.41) is 11.3. The van der Waals surface area contributed by atoms with E-state index in [-0.39, 0.29) is 12.5 Å². The average molecular weight is 203 g/mol. The number of anilines is 1. The molecular formula is C12H13NO2. The van der Waals surface area contributed by atoms with Crippen LogP contribution >= 0.6 is 0 Å². The number of hydrogen-bond donors (Lipinski definition) is 2. The first kappa shape index (κ1) is 11.3. The molecule has 3 nitrogen and oxygen atoms in total. The van der Waals surface area contributed by atoms with Gasteiger partial charge >= 0.3 is 0 Å². The van der Waals surface area contributed by atoms with Gasteiger partial charge in [-0.25, -0.2) is 0 Å². The van der Waals surface area contributed by atoms with Gasteiger partial charge in [-0.3, -0.25) is 4.79 Å². The fourth-order valence-corrected chi connectivity index (χ4v) is 1.19. The molecule has 0 heterocycles. The van der Waals surface area contributed by atoms with E-state index < -0.39 is 0 Å². The van der Waals surface area contributed by atoms with Crippen LogP contribution in [0.25, 0.3) is 0 Å². The van der Waals surface area contributed by atoms with Gasteiger partial charge in [-0.1, -0.05) is 17.9 Å².